The molecule has 7 heteroatoms. The molecule has 1 aliphatic rings. The summed E-state index contributed by atoms with van der Waals surface area (Å²) in [5, 5.41) is 0.999. The van der Waals surface area contributed by atoms with E-state index < -0.39 is 0 Å². The van der Waals surface area contributed by atoms with Crippen LogP contribution in [-0.2, 0) is 4.74 Å². The van der Waals surface area contributed by atoms with Gasteiger partial charge < -0.3 is 9.64 Å². The van der Waals surface area contributed by atoms with Crippen LogP contribution in [0.15, 0.2) is 6.33 Å². The van der Waals surface area contributed by atoms with Crippen LogP contribution in [0.5, 0.6) is 0 Å². The highest BCUT2D eigenvalue weighted by Gasteiger charge is 2.25. The molecule has 1 unspecified atom stereocenters. The summed E-state index contributed by atoms with van der Waals surface area (Å²) in [6, 6.07) is 0.438. The fourth-order valence-corrected chi connectivity index (χ4v) is 4.95. The van der Waals surface area contributed by atoms with Crippen molar-refractivity contribution in [2.45, 2.75) is 33.2 Å². The van der Waals surface area contributed by atoms with Gasteiger partial charge in [0.15, 0.2) is 0 Å². The molecule has 0 aliphatic carbocycles. The number of carbonyl (C=O) groups excluding carboxylic acids is 1. The molecule has 1 atom stereocenters. The smallest absolute Gasteiger partial charge is 0.348 e. The molecule has 0 bridgehead atoms. The number of ether oxygens (including phenoxy) is 1. The maximum Gasteiger partial charge on any atom is 0.348 e. The van der Waals surface area contributed by atoms with Crippen LogP contribution in [-0.4, -0.2) is 46.6 Å². The summed E-state index contributed by atoms with van der Waals surface area (Å²) >= 11 is 3.39. The van der Waals surface area contributed by atoms with E-state index in [0.717, 1.165) is 40.3 Å². The lowest BCUT2D eigenvalue weighted by Gasteiger charge is -2.28. The van der Waals surface area contributed by atoms with Gasteiger partial charge in [0.1, 0.15) is 21.9 Å². The van der Waals surface area contributed by atoms with Crippen molar-refractivity contribution in [3.8, 4) is 0 Å². The van der Waals surface area contributed by atoms with Gasteiger partial charge in [-0.2, -0.15) is 11.8 Å². The summed E-state index contributed by atoms with van der Waals surface area (Å²) in [5.41, 5.74) is 0.933. The SMILES string of the molecule is CCOC(=O)c1sc2ncnc(N3CCSCCC3C)c2c1C. The van der Waals surface area contributed by atoms with E-state index >= 15 is 0 Å². The third-order valence-corrected chi connectivity index (χ3v) is 6.30. The van der Waals surface area contributed by atoms with E-state index in [1.807, 2.05) is 25.6 Å². The Morgan fingerprint density at radius 3 is 3.04 bits per heavy atom. The number of nitrogens with zero attached hydrogens (tertiary/aromatic N) is 3. The summed E-state index contributed by atoms with van der Waals surface area (Å²) in [5.74, 6) is 2.97. The standard InChI is InChI=1S/C16H21N3O2S2/c1-4-21-16(20)13-11(3)12-14(17-9-18-15(12)23-13)19-6-8-22-7-5-10(19)2/h9-10H,4-8H2,1-3H3. The number of thioether (sulfide) groups is 1. The Hall–Kier alpha value is -1.34. The first kappa shape index (κ1) is 16.5. The number of anilines is 1. The lowest BCUT2D eigenvalue weighted by Crippen LogP contribution is -2.34. The van der Waals surface area contributed by atoms with Gasteiger partial charge in [0, 0.05) is 18.3 Å². The summed E-state index contributed by atoms with van der Waals surface area (Å²) in [6.07, 6.45) is 2.75. The molecule has 2 aromatic rings. The minimum Gasteiger partial charge on any atom is -0.462 e. The van der Waals surface area contributed by atoms with E-state index in [1.165, 1.54) is 17.1 Å². The first-order valence-corrected chi connectivity index (χ1v) is 9.86. The van der Waals surface area contributed by atoms with E-state index in [1.54, 1.807) is 6.33 Å². The van der Waals surface area contributed by atoms with Crippen molar-refractivity contribution < 1.29 is 9.53 Å². The van der Waals surface area contributed by atoms with Crippen molar-refractivity contribution >= 4 is 45.1 Å². The van der Waals surface area contributed by atoms with Gasteiger partial charge in [-0.3, -0.25) is 0 Å². The number of fused-ring (bicyclic) bond motifs is 1. The topological polar surface area (TPSA) is 55.3 Å². The third-order valence-electron chi connectivity index (χ3n) is 4.13. The molecule has 124 valence electrons. The fourth-order valence-electron chi connectivity index (χ4n) is 2.87. The molecule has 0 spiro atoms. The molecule has 1 aliphatic heterocycles. The van der Waals surface area contributed by atoms with Gasteiger partial charge in [0.05, 0.1) is 12.0 Å². The molecule has 3 rings (SSSR count). The molecular formula is C16H21N3O2S2. The van der Waals surface area contributed by atoms with Crippen LogP contribution in [0.3, 0.4) is 0 Å². The first-order valence-electron chi connectivity index (χ1n) is 7.89. The molecule has 2 aromatic heterocycles. The molecule has 5 nitrogen and oxygen atoms in total. The molecule has 0 aromatic carbocycles. The van der Waals surface area contributed by atoms with Gasteiger partial charge in [0.2, 0.25) is 0 Å². The Labute approximate surface area is 144 Å². The lowest BCUT2D eigenvalue weighted by atomic mass is 10.1. The monoisotopic (exact) mass is 351 g/mol. The second-order valence-corrected chi connectivity index (χ2v) is 7.82. The van der Waals surface area contributed by atoms with Crippen molar-refractivity contribution in [3.63, 3.8) is 0 Å². The number of rotatable bonds is 3. The Morgan fingerprint density at radius 2 is 2.26 bits per heavy atom. The quantitative estimate of drug-likeness (QED) is 0.789. The Kier molecular flexibility index (Phi) is 5.06. The molecule has 0 saturated carbocycles. The molecule has 0 N–H and O–H groups in total. The number of hydrogen-bond donors (Lipinski definition) is 0. The zero-order valence-corrected chi connectivity index (χ0v) is 15.3. The summed E-state index contributed by atoms with van der Waals surface area (Å²) in [7, 11) is 0. The average molecular weight is 351 g/mol. The molecular weight excluding hydrogens is 330 g/mol. The zero-order chi connectivity index (χ0) is 16.4. The van der Waals surface area contributed by atoms with Gasteiger partial charge in [-0.1, -0.05) is 0 Å². The van der Waals surface area contributed by atoms with Crippen LogP contribution in [0.4, 0.5) is 5.82 Å². The largest absolute Gasteiger partial charge is 0.462 e. The number of esters is 1. The highest BCUT2D eigenvalue weighted by molar-refractivity contribution is 7.99. The van der Waals surface area contributed by atoms with Gasteiger partial charge in [-0.15, -0.1) is 11.3 Å². The second-order valence-electron chi connectivity index (χ2n) is 5.60. The van der Waals surface area contributed by atoms with Crippen molar-refractivity contribution in [1.29, 1.82) is 0 Å². The van der Waals surface area contributed by atoms with Crippen molar-refractivity contribution in [3.05, 3.63) is 16.8 Å². The molecule has 23 heavy (non-hydrogen) atoms. The molecule has 3 heterocycles. The summed E-state index contributed by atoms with van der Waals surface area (Å²) < 4.78 is 5.17. The van der Waals surface area contributed by atoms with Crippen LogP contribution >= 0.6 is 23.1 Å². The normalized spacial score (nSPS) is 18.9. The van der Waals surface area contributed by atoms with Gasteiger partial charge in [0.25, 0.3) is 0 Å². The molecule has 0 radical (unpaired) electrons. The molecule has 1 saturated heterocycles. The van der Waals surface area contributed by atoms with Crippen LogP contribution < -0.4 is 4.90 Å². The highest BCUT2D eigenvalue weighted by atomic mass is 32.2. The number of aryl methyl sites for hydroxylation is 1. The third kappa shape index (κ3) is 3.17. The Morgan fingerprint density at radius 1 is 1.43 bits per heavy atom. The minimum atomic E-state index is -0.265. The maximum atomic E-state index is 12.2. The first-order chi connectivity index (χ1) is 11.1. The van der Waals surface area contributed by atoms with Crippen LogP contribution in [0, 0.1) is 6.92 Å². The fraction of sp³-hybridized carbons (Fsp3) is 0.562. The second kappa shape index (κ2) is 7.05. The van der Waals surface area contributed by atoms with E-state index in [4.69, 9.17) is 4.74 Å². The zero-order valence-electron chi connectivity index (χ0n) is 13.7. The lowest BCUT2D eigenvalue weighted by molar-refractivity contribution is 0.0531. The maximum absolute atomic E-state index is 12.2. The van der Waals surface area contributed by atoms with Gasteiger partial charge >= 0.3 is 5.97 Å². The van der Waals surface area contributed by atoms with E-state index in [0.29, 0.717) is 17.5 Å². The van der Waals surface area contributed by atoms with E-state index in [9.17, 15) is 4.79 Å². The Balaban J connectivity index is 2.09. The number of aromatic nitrogens is 2. The molecule has 1 fully saturated rings. The molecule has 0 amide bonds. The number of hydrogen-bond acceptors (Lipinski definition) is 7. The van der Waals surface area contributed by atoms with Gasteiger partial charge in [-0.05, 0) is 38.5 Å². The predicted molar refractivity (Wildman–Crippen MR) is 96.9 cm³/mol. The van der Waals surface area contributed by atoms with Crippen LogP contribution in [0.25, 0.3) is 10.2 Å². The number of carbonyl (C=O) groups is 1. The number of thiophene rings is 1. The summed E-state index contributed by atoms with van der Waals surface area (Å²) in [6.45, 7) is 7.39. The van der Waals surface area contributed by atoms with Crippen molar-refractivity contribution in [2.75, 3.05) is 29.6 Å². The predicted octanol–water partition coefficient (Wildman–Crippen LogP) is 3.51. The Bertz CT molecular complexity index is 717. The van der Waals surface area contributed by atoms with Crippen molar-refractivity contribution in [1.82, 2.24) is 9.97 Å². The van der Waals surface area contributed by atoms with Crippen LogP contribution in [0.1, 0.15) is 35.5 Å². The van der Waals surface area contributed by atoms with Crippen LogP contribution in [0.2, 0.25) is 0 Å². The van der Waals surface area contributed by atoms with E-state index in [-0.39, 0.29) is 5.97 Å². The summed E-state index contributed by atoms with van der Waals surface area (Å²) in [4.78, 5) is 25.0. The minimum absolute atomic E-state index is 0.265. The highest BCUT2D eigenvalue weighted by Crippen LogP contribution is 2.36. The average Bonchev–Trinajstić information content (AvgIpc) is 2.73. The van der Waals surface area contributed by atoms with Gasteiger partial charge in [-0.25, -0.2) is 14.8 Å². The van der Waals surface area contributed by atoms with E-state index in [2.05, 4.69) is 21.8 Å². The van der Waals surface area contributed by atoms with Crippen molar-refractivity contribution in [2.24, 2.45) is 0 Å².